The smallest absolute Gasteiger partial charge is 0.326 e. The van der Waals surface area contributed by atoms with Gasteiger partial charge in [0.05, 0.1) is 6.54 Å². The van der Waals surface area contributed by atoms with Crippen molar-refractivity contribution >= 4 is 23.3 Å². The molecule has 1 heterocycles. The molecule has 3 rings (SSSR count). The molecule has 0 radical (unpaired) electrons. The van der Waals surface area contributed by atoms with Gasteiger partial charge in [0, 0.05) is 23.8 Å². The van der Waals surface area contributed by atoms with Crippen LogP contribution in [0.25, 0.3) is 11.1 Å². The summed E-state index contributed by atoms with van der Waals surface area (Å²) in [6.45, 7) is 1.74. The van der Waals surface area contributed by atoms with Crippen molar-refractivity contribution in [3.05, 3.63) is 79.1 Å². The van der Waals surface area contributed by atoms with Crippen molar-refractivity contribution in [2.24, 2.45) is 0 Å². The third kappa shape index (κ3) is 5.19. The number of anilines is 2. The maximum atomic E-state index is 12.6. The van der Waals surface area contributed by atoms with Crippen LogP contribution in [-0.4, -0.2) is 34.6 Å². The number of nitrogens with one attached hydrogen (secondary N) is 1. The fourth-order valence-corrected chi connectivity index (χ4v) is 3.17. The van der Waals surface area contributed by atoms with Crippen LogP contribution in [-0.2, 0) is 9.59 Å². The highest BCUT2D eigenvalue weighted by molar-refractivity contribution is 5.95. The second-order valence-corrected chi connectivity index (χ2v) is 6.59. The molecule has 0 aliphatic carbocycles. The molecular formula is C23H23N3O3. The lowest BCUT2D eigenvalue weighted by Gasteiger charge is -2.29. The minimum absolute atomic E-state index is 0.0546. The van der Waals surface area contributed by atoms with Crippen molar-refractivity contribution < 1.29 is 14.7 Å². The molecule has 0 aliphatic heterocycles. The molecule has 2 N–H and O–H groups in total. The quantitative estimate of drug-likeness (QED) is 0.607. The van der Waals surface area contributed by atoms with E-state index in [1.54, 1.807) is 24.2 Å². The lowest BCUT2D eigenvalue weighted by atomic mass is 10.1. The zero-order valence-electron chi connectivity index (χ0n) is 16.2. The summed E-state index contributed by atoms with van der Waals surface area (Å²) in [6.07, 6.45) is 3.85. The Kier molecular flexibility index (Phi) is 6.58. The summed E-state index contributed by atoms with van der Waals surface area (Å²) in [5.41, 5.74) is 3.42. The van der Waals surface area contributed by atoms with Crippen LogP contribution in [0, 0.1) is 0 Å². The number of para-hydroxylation sites is 1. The SMILES string of the molecule is CCC(C(=O)O)N(CC(=O)Nc1ccc(-c2ccncc2)cc1)c1ccccc1. The third-order valence-electron chi connectivity index (χ3n) is 4.63. The van der Waals surface area contributed by atoms with Crippen LogP contribution in [0.4, 0.5) is 11.4 Å². The van der Waals surface area contributed by atoms with Crippen molar-refractivity contribution in [2.45, 2.75) is 19.4 Å². The van der Waals surface area contributed by atoms with Gasteiger partial charge in [-0.25, -0.2) is 4.79 Å². The van der Waals surface area contributed by atoms with Crippen molar-refractivity contribution in [3.8, 4) is 11.1 Å². The molecule has 6 heteroatoms. The van der Waals surface area contributed by atoms with Crippen molar-refractivity contribution in [3.63, 3.8) is 0 Å². The average Bonchev–Trinajstić information content (AvgIpc) is 2.75. The number of pyridine rings is 1. The first-order chi connectivity index (χ1) is 14.1. The van der Waals surface area contributed by atoms with E-state index in [1.807, 2.05) is 66.7 Å². The average molecular weight is 389 g/mol. The molecule has 6 nitrogen and oxygen atoms in total. The minimum Gasteiger partial charge on any atom is -0.480 e. The molecule has 148 valence electrons. The van der Waals surface area contributed by atoms with Crippen LogP contribution in [0.5, 0.6) is 0 Å². The van der Waals surface area contributed by atoms with Crippen molar-refractivity contribution in [1.82, 2.24) is 4.98 Å². The van der Waals surface area contributed by atoms with Crippen LogP contribution >= 0.6 is 0 Å². The van der Waals surface area contributed by atoms with Gasteiger partial charge in [0.15, 0.2) is 0 Å². The maximum absolute atomic E-state index is 12.6. The highest BCUT2D eigenvalue weighted by Gasteiger charge is 2.26. The van der Waals surface area contributed by atoms with Gasteiger partial charge in [0.25, 0.3) is 0 Å². The predicted molar refractivity (Wildman–Crippen MR) is 114 cm³/mol. The molecule has 0 spiro atoms. The molecule has 0 saturated heterocycles. The zero-order valence-corrected chi connectivity index (χ0v) is 16.2. The number of amides is 1. The number of nitrogens with zero attached hydrogens (tertiary/aromatic N) is 2. The Morgan fingerprint density at radius 3 is 2.17 bits per heavy atom. The summed E-state index contributed by atoms with van der Waals surface area (Å²) in [7, 11) is 0. The molecule has 1 aromatic heterocycles. The zero-order chi connectivity index (χ0) is 20.6. The molecule has 0 aliphatic rings. The molecule has 1 atom stereocenters. The van der Waals surface area contributed by atoms with Crippen LogP contribution < -0.4 is 10.2 Å². The summed E-state index contributed by atoms with van der Waals surface area (Å²) >= 11 is 0. The van der Waals surface area contributed by atoms with E-state index in [9.17, 15) is 14.7 Å². The van der Waals surface area contributed by atoms with Gasteiger partial charge in [0.1, 0.15) is 6.04 Å². The first-order valence-electron chi connectivity index (χ1n) is 9.43. The molecule has 0 fully saturated rings. The standard InChI is InChI=1S/C23H23N3O3/c1-2-21(23(28)29)26(20-6-4-3-5-7-20)16-22(27)25-19-10-8-17(9-11-19)18-12-14-24-15-13-18/h3-15,21H,2,16H2,1H3,(H,25,27)(H,28,29). The number of carbonyl (C=O) groups excluding carboxylic acids is 1. The number of carboxylic acids is 1. The van der Waals surface area contributed by atoms with E-state index >= 15 is 0 Å². The Labute approximate surface area is 169 Å². The number of rotatable bonds is 8. The largest absolute Gasteiger partial charge is 0.480 e. The van der Waals surface area contributed by atoms with Gasteiger partial charge in [-0.3, -0.25) is 9.78 Å². The molecule has 1 amide bonds. The second kappa shape index (κ2) is 9.50. The number of hydrogen-bond donors (Lipinski definition) is 2. The Morgan fingerprint density at radius 2 is 1.59 bits per heavy atom. The first kappa shape index (κ1) is 20.1. The summed E-state index contributed by atoms with van der Waals surface area (Å²) in [4.78, 5) is 29.9. The Hall–Kier alpha value is -3.67. The Bertz CT molecular complexity index is 944. The molecular weight excluding hydrogens is 366 g/mol. The normalized spacial score (nSPS) is 11.5. The Balaban J connectivity index is 1.72. The topological polar surface area (TPSA) is 82.5 Å². The van der Waals surface area contributed by atoms with Crippen molar-refractivity contribution in [1.29, 1.82) is 0 Å². The van der Waals surface area contributed by atoms with E-state index in [1.165, 1.54) is 0 Å². The van der Waals surface area contributed by atoms with Crippen LogP contribution in [0.1, 0.15) is 13.3 Å². The summed E-state index contributed by atoms with van der Waals surface area (Å²) < 4.78 is 0. The van der Waals surface area contributed by atoms with Crippen LogP contribution in [0.15, 0.2) is 79.1 Å². The first-order valence-corrected chi connectivity index (χ1v) is 9.43. The third-order valence-corrected chi connectivity index (χ3v) is 4.63. The molecule has 1 unspecified atom stereocenters. The monoisotopic (exact) mass is 389 g/mol. The summed E-state index contributed by atoms with van der Waals surface area (Å²) in [5.74, 6) is -1.23. The number of aliphatic carboxylic acids is 1. The fourth-order valence-electron chi connectivity index (χ4n) is 3.17. The molecule has 0 saturated carbocycles. The lowest BCUT2D eigenvalue weighted by molar-refractivity contribution is -0.138. The van der Waals surface area contributed by atoms with Crippen LogP contribution in [0.2, 0.25) is 0 Å². The summed E-state index contributed by atoms with van der Waals surface area (Å²) in [5, 5.41) is 12.4. The molecule has 3 aromatic rings. The highest BCUT2D eigenvalue weighted by Crippen LogP contribution is 2.22. The summed E-state index contributed by atoms with van der Waals surface area (Å²) in [6, 6.07) is 19.7. The van der Waals surface area contributed by atoms with Crippen molar-refractivity contribution in [2.75, 3.05) is 16.8 Å². The minimum atomic E-state index is -0.953. The molecule has 2 aromatic carbocycles. The number of hydrogen-bond acceptors (Lipinski definition) is 4. The van der Waals surface area contributed by atoms with Crippen LogP contribution in [0.3, 0.4) is 0 Å². The number of aromatic nitrogens is 1. The van der Waals surface area contributed by atoms with Gasteiger partial charge in [-0.2, -0.15) is 0 Å². The molecule has 0 bridgehead atoms. The maximum Gasteiger partial charge on any atom is 0.326 e. The Morgan fingerprint density at radius 1 is 0.966 bits per heavy atom. The van der Waals surface area contributed by atoms with Gasteiger partial charge in [-0.15, -0.1) is 0 Å². The van der Waals surface area contributed by atoms with E-state index in [4.69, 9.17) is 0 Å². The van der Waals surface area contributed by atoms with Gasteiger partial charge in [-0.1, -0.05) is 37.3 Å². The van der Waals surface area contributed by atoms with E-state index in [-0.39, 0.29) is 12.5 Å². The predicted octanol–water partition coefficient (Wildman–Crippen LogP) is 4.06. The second-order valence-electron chi connectivity index (χ2n) is 6.59. The van der Waals surface area contributed by atoms with Gasteiger partial charge in [0.2, 0.25) is 5.91 Å². The van der Waals surface area contributed by atoms with E-state index < -0.39 is 12.0 Å². The van der Waals surface area contributed by atoms with Gasteiger partial charge in [-0.05, 0) is 53.9 Å². The number of carboxylic acid groups (broad SMARTS) is 1. The number of carbonyl (C=O) groups is 2. The number of benzene rings is 2. The van der Waals surface area contributed by atoms with E-state index in [2.05, 4.69) is 10.3 Å². The van der Waals surface area contributed by atoms with E-state index in [0.29, 0.717) is 17.8 Å². The lowest BCUT2D eigenvalue weighted by Crippen LogP contribution is -2.45. The fraction of sp³-hybridized carbons (Fsp3) is 0.174. The highest BCUT2D eigenvalue weighted by atomic mass is 16.4. The molecule has 29 heavy (non-hydrogen) atoms. The van der Waals surface area contributed by atoms with Gasteiger partial charge >= 0.3 is 5.97 Å². The van der Waals surface area contributed by atoms with E-state index in [0.717, 1.165) is 11.1 Å². The van der Waals surface area contributed by atoms with Gasteiger partial charge < -0.3 is 15.3 Å².